The van der Waals surface area contributed by atoms with E-state index < -0.39 is 10.0 Å². The Hall–Kier alpha value is -0.170. The monoisotopic (exact) mass is 305 g/mol. The fourth-order valence-corrected chi connectivity index (χ4v) is 3.66. The number of nitrogens with one attached hydrogen (secondary N) is 2. The third-order valence-corrected chi connectivity index (χ3v) is 5.27. The van der Waals surface area contributed by atoms with Crippen LogP contribution < -0.4 is 10.0 Å². The van der Waals surface area contributed by atoms with Crippen LogP contribution in [0.1, 0.15) is 40.0 Å². The van der Waals surface area contributed by atoms with Gasteiger partial charge in [-0.3, -0.25) is 0 Å². The molecular weight excluding hydrogens is 274 g/mol. The molecule has 0 saturated carbocycles. The summed E-state index contributed by atoms with van der Waals surface area (Å²) in [5.41, 5.74) is 0. The third kappa shape index (κ3) is 7.02. The van der Waals surface area contributed by atoms with Crippen LogP contribution in [-0.4, -0.2) is 57.8 Å². The van der Waals surface area contributed by atoms with Gasteiger partial charge in [-0.2, -0.15) is 0 Å². The molecule has 0 amide bonds. The summed E-state index contributed by atoms with van der Waals surface area (Å²) in [5, 5.41) is 3.22. The number of likely N-dealkylation sites (tertiary alicyclic amines) is 1. The molecule has 0 spiro atoms. The highest BCUT2D eigenvalue weighted by Gasteiger charge is 2.25. The molecule has 0 radical (unpaired) electrons. The van der Waals surface area contributed by atoms with Crippen LogP contribution in [-0.2, 0) is 10.0 Å². The molecule has 0 aliphatic carbocycles. The van der Waals surface area contributed by atoms with Gasteiger partial charge in [0.2, 0.25) is 10.0 Å². The molecule has 1 heterocycles. The van der Waals surface area contributed by atoms with E-state index in [0.717, 1.165) is 39.0 Å². The predicted octanol–water partition coefficient (Wildman–Crippen LogP) is 1.03. The smallest absolute Gasteiger partial charge is 0.211 e. The Morgan fingerprint density at radius 3 is 2.65 bits per heavy atom. The van der Waals surface area contributed by atoms with Crippen LogP contribution >= 0.6 is 0 Å². The average Bonchev–Trinajstić information content (AvgIpc) is 2.85. The third-order valence-electron chi connectivity index (χ3n) is 3.83. The zero-order valence-corrected chi connectivity index (χ0v) is 14.0. The summed E-state index contributed by atoms with van der Waals surface area (Å²) in [7, 11) is -3.10. The second-order valence-electron chi connectivity index (χ2n) is 6.01. The summed E-state index contributed by atoms with van der Waals surface area (Å²) < 4.78 is 26.5. The Bertz CT molecular complexity index is 357. The highest BCUT2D eigenvalue weighted by molar-refractivity contribution is 7.89. The van der Waals surface area contributed by atoms with Crippen molar-refractivity contribution in [3.8, 4) is 0 Å². The van der Waals surface area contributed by atoms with Crippen LogP contribution in [0.25, 0.3) is 0 Å². The van der Waals surface area contributed by atoms with E-state index in [-0.39, 0.29) is 5.75 Å². The van der Waals surface area contributed by atoms with E-state index in [2.05, 4.69) is 35.7 Å². The van der Waals surface area contributed by atoms with Gasteiger partial charge in [-0.25, -0.2) is 13.1 Å². The van der Waals surface area contributed by atoms with Crippen LogP contribution in [0.3, 0.4) is 0 Å². The van der Waals surface area contributed by atoms with Gasteiger partial charge in [-0.1, -0.05) is 6.92 Å². The molecule has 1 aliphatic rings. The van der Waals surface area contributed by atoms with Crippen molar-refractivity contribution in [3.63, 3.8) is 0 Å². The number of nitrogens with zero attached hydrogens (tertiary/aromatic N) is 1. The molecule has 0 bridgehead atoms. The topological polar surface area (TPSA) is 61.4 Å². The molecule has 6 heteroatoms. The first-order valence-electron chi connectivity index (χ1n) is 7.86. The van der Waals surface area contributed by atoms with Gasteiger partial charge in [0, 0.05) is 19.1 Å². The van der Waals surface area contributed by atoms with Gasteiger partial charge in [0.1, 0.15) is 0 Å². The van der Waals surface area contributed by atoms with Crippen LogP contribution in [0.2, 0.25) is 0 Å². The van der Waals surface area contributed by atoms with Gasteiger partial charge < -0.3 is 10.2 Å². The first-order valence-corrected chi connectivity index (χ1v) is 9.52. The van der Waals surface area contributed by atoms with Crippen molar-refractivity contribution >= 4 is 10.0 Å². The van der Waals surface area contributed by atoms with E-state index in [1.165, 1.54) is 0 Å². The molecule has 1 saturated heterocycles. The van der Waals surface area contributed by atoms with Gasteiger partial charge in [0.05, 0.1) is 5.75 Å². The van der Waals surface area contributed by atoms with Gasteiger partial charge in [0.15, 0.2) is 0 Å². The van der Waals surface area contributed by atoms with Crippen LogP contribution in [0.15, 0.2) is 0 Å². The molecule has 5 nitrogen and oxygen atoms in total. The van der Waals surface area contributed by atoms with E-state index in [4.69, 9.17) is 0 Å². The fourth-order valence-electron chi connectivity index (χ4n) is 2.50. The molecule has 1 aliphatic heterocycles. The lowest BCUT2D eigenvalue weighted by Gasteiger charge is -2.20. The molecule has 2 N–H and O–H groups in total. The molecule has 0 aromatic heterocycles. The standard InChI is InChI=1S/C14H31N3O2S/c1-4-7-15-8-5-10-20(18,19)16-11-14-6-9-17(12-14)13(2)3/h13-16H,4-12H2,1-3H3. The minimum absolute atomic E-state index is 0.227. The first kappa shape index (κ1) is 17.9. The maximum absolute atomic E-state index is 11.9. The van der Waals surface area contributed by atoms with Crippen LogP contribution in [0, 0.1) is 5.92 Å². The Balaban J connectivity index is 2.17. The Morgan fingerprint density at radius 1 is 1.30 bits per heavy atom. The zero-order chi connectivity index (χ0) is 15.0. The summed E-state index contributed by atoms with van der Waals surface area (Å²) in [5.74, 6) is 0.690. The van der Waals surface area contributed by atoms with E-state index in [1.54, 1.807) is 0 Å². The predicted molar refractivity (Wildman–Crippen MR) is 84.4 cm³/mol. The summed E-state index contributed by atoms with van der Waals surface area (Å²) in [6, 6.07) is 0.557. The van der Waals surface area contributed by atoms with Crippen molar-refractivity contribution in [3.05, 3.63) is 0 Å². The number of hydrogen-bond acceptors (Lipinski definition) is 4. The fraction of sp³-hybridized carbons (Fsp3) is 1.00. The SMILES string of the molecule is CCCNCCCS(=O)(=O)NCC1CCN(C(C)C)C1. The summed E-state index contributed by atoms with van der Waals surface area (Å²) in [4.78, 5) is 2.41. The van der Waals surface area contributed by atoms with E-state index in [0.29, 0.717) is 24.9 Å². The lowest BCUT2D eigenvalue weighted by Crippen LogP contribution is -2.34. The summed E-state index contributed by atoms with van der Waals surface area (Å²) in [6.07, 6.45) is 2.86. The normalized spacial score (nSPS) is 20.9. The second kappa shape index (κ2) is 8.97. The molecule has 1 unspecified atom stereocenters. The van der Waals surface area contributed by atoms with Crippen molar-refractivity contribution < 1.29 is 8.42 Å². The van der Waals surface area contributed by atoms with Crippen molar-refractivity contribution in [1.29, 1.82) is 0 Å². The van der Waals surface area contributed by atoms with Gasteiger partial charge >= 0.3 is 0 Å². The van der Waals surface area contributed by atoms with Crippen LogP contribution in [0.5, 0.6) is 0 Å². The Morgan fingerprint density at radius 2 is 2.05 bits per heavy atom. The molecule has 1 rings (SSSR count). The van der Waals surface area contributed by atoms with Gasteiger partial charge in [-0.05, 0) is 58.7 Å². The molecule has 0 aromatic carbocycles. The first-order chi connectivity index (χ1) is 9.44. The van der Waals surface area contributed by atoms with E-state index in [1.807, 2.05) is 0 Å². The van der Waals surface area contributed by atoms with E-state index in [9.17, 15) is 8.42 Å². The quantitative estimate of drug-likeness (QED) is 0.592. The second-order valence-corrected chi connectivity index (χ2v) is 7.94. The number of sulfonamides is 1. The summed E-state index contributed by atoms with van der Waals surface area (Å²) >= 11 is 0. The number of rotatable bonds is 10. The molecular formula is C14H31N3O2S. The Kier molecular flexibility index (Phi) is 8.02. The van der Waals surface area contributed by atoms with E-state index >= 15 is 0 Å². The van der Waals surface area contributed by atoms with Crippen molar-refractivity contribution in [2.75, 3.05) is 38.5 Å². The maximum Gasteiger partial charge on any atom is 0.211 e. The maximum atomic E-state index is 11.9. The van der Waals surface area contributed by atoms with Crippen LogP contribution in [0.4, 0.5) is 0 Å². The van der Waals surface area contributed by atoms with Gasteiger partial charge in [-0.15, -0.1) is 0 Å². The molecule has 20 heavy (non-hydrogen) atoms. The zero-order valence-electron chi connectivity index (χ0n) is 13.2. The van der Waals surface area contributed by atoms with Gasteiger partial charge in [0.25, 0.3) is 0 Å². The number of hydrogen-bond donors (Lipinski definition) is 2. The molecule has 0 aromatic rings. The lowest BCUT2D eigenvalue weighted by atomic mass is 10.1. The molecule has 1 atom stereocenters. The Labute approximate surface area is 124 Å². The molecule has 1 fully saturated rings. The largest absolute Gasteiger partial charge is 0.317 e. The van der Waals surface area contributed by atoms with Crippen molar-refractivity contribution in [2.24, 2.45) is 5.92 Å². The highest BCUT2D eigenvalue weighted by atomic mass is 32.2. The lowest BCUT2D eigenvalue weighted by molar-refractivity contribution is 0.265. The van der Waals surface area contributed by atoms with Crippen molar-refractivity contribution in [1.82, 2.24) is 14.9 Å². The molecule has 120 valence electrons. The highest BCUT2D eigenvalue weighted by Crippen LogP contribution is 2.17. The van der Waals surface area contributed by atoms with Crippen molar-refractivity contribution in [2.45, 2.75) is 46.1 Å². The minimum atomic E-state index is -3.10. The minimum Gasteiger partial charge on any atom is -0.317 e. The summed E-state index contributed by atoms with van der Waals surface area (Å²) in [6.45, 7) is 10.9. The average molecular weight is 305 g/mol.